The molecule has 0 aliphatic carbocycles. The second-order valence-electron chi connectivity index (χ2n) is 7.70. The highest BCUT2D eigenvalue weighted by Gasteiger charge is 2.41. The molecule has 3 unspecified atom stereocenters. The first kappa shape index (κ1) is 21.4. The third-order valence-corrected chi connectivity index (χ3v) is 5.27. The highest BCUT2D eigenvalue weighted by Crippen LogP contribution is 2.33. The minimum atomic E-state index is -0.354. The fourth-order valence-corrected chi connectivity index (χ4v) is 3.47. The molecular weight excluding hydrogens is 360 g/mol. The quantitative estimate of drug-likeness (QED) is 0.856. The van der Waals surface area contributed by atoms with Crippen molar-refractivity contribution in [2.75, 3.05) is 13.2 Å². The summed E-state index contributed by atoms with van der Waals surface area (Å²) in [6, 6.07) is 19.6. The monoisotopic (exact) mass is 388 g/mol. The lowest BCUT2D eigenvalue weighted by atomic mass is 9.90. The van der Waals surface area contributed by atoms with Crippen LogP contribution in [-0.4, -0.2) is 29.5 Å². The van der Waals surface area contributed by atoms with Crippen molar-refractivity contribution in [3.05, 3.63) is 71.8 Å². The highest BCUT2D eigenvalue weighted by molar-refractivity contribution is 5.85. The molecule has 2 aromatic rings. The number of halogens is 1. The number of ether oxygens (including phenoxy) is 1. The van der Waals surface area contributed by atoms with E-state index in [-0.39, 0.29) is 41.9 Å². The number of amides is 1. The fraction of sp³-hybridized carbons (Fsp3) is 0.409. The number of rotatable bonds is 4. The zero-order chi connectivity index (χ0) is 18.7. The molecule has 0 bridgehead atoms. The van der Waals surface area contributed by atoms with E-state index in [1.165, 1.54) is 0 Å². The highest BCUT2D eigenvalue weighted by atomic mass is 35.5. The van der Waals surface area contributed by atoms with E-state index in [1.807, 2.05) is 86.3 Å². The van der Waals surface area contributed by atoms with Crippen LogP contribution in [0.3, 0.4) is 0 Å². The number of benzene rings is 2. The SMILES string of the molecule is CC(C(=O)N1CC(c2ccccc2)OCC1(C)C)C(N)c1ccccc1.Cl. The molecule has 3 rings (SSSR count). The molecule has 0 aromatic heterocycles. The van der Waals surface area contributed by atoms with E-state index in [4.69, 9.17) is 10.5 Å². The van der Waals surface area contributed by atoms with Crippen LogP contribution in [0.25, 0.3) is 0 Å². The van der Waals surface area contributed by atoms with Crippen LogP contribution < -0.4 is 5.73 Å². The maximum Gasteiger partial charge on any atom is 0.227 e. The first-order valence-corrected chi connectivity index (χ1v) is 9.19. The van der Waals surface area contributed by atoms with E-state index in [9.17, 15) is 4.79 Å². The molecule has 1 heterocycles. The molecule has 2 aromatic carbocycles. The van der Waals surface area contributed by atoms with Crippen molar-refractivity contribution in [2.24, 2.45) is 11.7 Å². The second kappa shape index (κ2) is 8.87. The molecule has 0 radical (unpaired) electrons. The van der Waals surface area contributed by atoms with Crippen LogP contribution in [0.4, 0.5) is 0 Å². The summed E-state index contributed by atoms with van der Waals surface area (Å²) in [6.07, 6.45) is -0.103. The molecule has 5 heteroatoms. The molecule has 1 fully saturated rings. The summed E-state index contributed by atoms with van der Waals surface area (Å²) in [5.74, 6) is -0.221. The molecule has 1 aliphatic rings. The number of hydrogen-bond acceptors (Lipinski definition) is 3. The van der Waals surface area contributed by atoms with Crippen LogP contribution >= 0.6 is 12.4 Å². The Kier molecular flexibility index (Phi) is 7.04. The summed E-state index contributed by atoms with van der Waals surface area (Å²) in [4.78, 5) is 15.2. The van der Waals surface area contributed by atoms with Gasteiger partial charge >= 0.3 is 0 Å². The summed E-state index contributed by atoms with van der Waals surface area (Å²) >= 11 is 0. The van der Waals surface area contributed by atoms with Gasteiger partial charge in [-0.2, -0.15) is 0 Å². The van der Waals surface area contributed by atoms with Gasteiger partial charge in [-0.25, -0.2) is 0 Å². The average molecular weight is 389 g/mol. The van der Waals surface area contributed by atoms with Crippen molar-refractivity contribution < 1.29 is 9.53 Å². The maximum absolute atomic E-state index is 13.3. The number of nitrogens with two attached hydrogens (primary N) is 1. The van der Waals surface area contributed by atoms with Crippen molar-refractivity contribution in [1.29, 1.82) is 0 Å². The first-order valence-electron chi connectivity index (χ1n) is 9.19. The van der Waals surface area contributed by atoms with Crippen LogP contribution in [0.2, 0.25) is 0 Å². The van der Waals surface area contributed by atoms with Gasteiger partial charge in [-0.3, -0.25) is 4.79 Å². The summed E-state index contributed by atoms with van der Waals surface area (Å²) in [6.45, 7) is 7.07. The van der Waals surface area contributed by atoms with Gasteiger partial charge in [0, 0.05) is 6.04 Å². The number of nitrogens with zero attached hydrogens (tertiary/aromatic N) is 1. The van der Waals surface area contributed by atoms with E-state index in [0.29, 0.717) is 13.2 Å². The van der Waals surface area contributed by atoms with E-state index in [1.54, 1.807) is 0 Å². The van der Waals surface area contributed by atoms with Crippen LogP contribution in [0.15, 0.2) is 60.7 Å². The van der Waals surface area contributed by atoms with Gasteiger partial charge in [-0.1, -0.05) is 67.6 Å². The number of morpholine rings is 1. The molecule has 1 amide bonds. The van der Waals surface area contributed by atoms with Crippen molar-refractivity contribution in [1.82, 2.24) is 4.90 Å². The largest absolute Gasteiger partial charge is 0.369 e. The van der Waals surface area contributed by atoms with Crippen LogP contribution in [0, 0.1) is 5.92 Å². The lowest BCUT2D eigenvalue weighted by molar-refractivity contribution is -0.159. The Balaban J connectivity index is 0.00000261. The standard InChI is InChI=1S/C22H28N2O2.ClH/c1-16(20(23)18-12-8-5-9-13-18)21(25)24-14-19(26-15-22(24,2)3)17-10-6-4-7-11-17;/h4-13,16,19-20H,14-15,23H2,1-3H3;1H. The van der Waals surface area contributed by atoms with Gasteiger partial charge in [0.2, 0.25) is 5.91 Å². The van der Waals surface area contributed by atoms with Gasteiger partial charge in [0.1, 0.15) is 6.10 Å². The Hall–Kier alpha value is -1.88. The van der Waals surface area contributed by atoms with E-state index >= 15 is 0 Å². The Labute approximate surface area is 168 Å². The van der Waals surface area contributed by atoms with E-state index in [2.05, 4.69) is 0 Å². The lowest BCUT2D eigenvalue weighted by Crippen LogP contribution is -2.58. The maximum atomic E-state index is 13.3. The Bertz CT molecular complexity index is 736. The van der Waals surface area contributed by atoms with Crippen LogP contribution in [-0.2, 0) is 9.53 Å². The molecule has 0 spiro atoms. The molecule has 1 aliphatic heterocycles. The average Bonchev–Trinajstić information content (AvgIpc) is 2.67. The normalized spacial score (nSPS) is 21.0. The number of carbonyl (C=O) groups excluding carboxylic acids is 1. The molecule has 1 saturated heterocycles. The molecule has 2 N–H and O–H groups in total. The Morgan fingerprint density at radius 2 is 1.67 bits per heavy atom. The Morgan fingerprint density at radius 3 is 2.26 bits per heavy atom. The summed E-state index contributed by atoms with van der Waals surface area (Å²) in [5.41, 5.74) is 8.13. The van der Waals surface area contributed by atoms with Crippen molar-refractivity contribution in [3.8, 4) is 0 Å². The zero-order valence-electron chi connectivity index (χ0n) is 16.2. The lowest BCUT2D eigenvalue weighted by Gasteiger charge is -2.47. The van der Waals surface area contributed by atoms with Crippen LogP contribution in [0.5, 0.6) is 0 Å². The van der Waals surface area contributed by atoms with Crippen LogP contribution in [0.1, 0.15) is 44.0 Å². The van der Waals surface area contributed by atoms with Gasteiger partial charge in [-0.05, 0) is 25.0 Å². The molecular formula is C22H29ClN2O2. The number of carbonyl (C=O) groups is 1. The van der Waals surface area contributed by atoms with Gasteiger partial charge < -0.3 is 15.4 Å². The Morgan fingerprint density at radius 1 is 1.11 bits per heavy atom. The summed E-state index contributed by atoms with van der Waals surface area (Å²) < 4.78 is 6.06. The second-order valence-corrected chi connectivity index (χ2v) is 7.70. The van der Waals surface area contributed by atoms with Gasteiger partial charge in [0.15, 0.2) is 0 Å². The zero-order valence-corrected chi connectivity index (χ0v) is 17.0. The van der Waals surface area contributed by atoms with Crippen molar-refractivity contribution >= 4 is 18.3 Å². The smallest absolute Gasteiger partial charge is 0.227 e. The minimum absolute atomic E-state index is 0. The fourth-order valence-electron chi connectivity index (χ4n) is 3.47. The van der Waals surface area contributed by atoms with Crippen molar-refractivity contribution in [2.45, 2.75) is 38.5 Å². The van der Waals surface area contributed by atoms with E-state index in [0.717, 1.165) is 11.1 Å². The number of hydrogen-bond donors (Lipinski definition) is 1. The third kappa shape index (κ3) is 4.70. The predicted molar refractivity (Wildman–Crippen MR) is 111 cm³/mol. The summed E-state index contributed by atoms with van der Waals surface area (Å²) in [7, 11) is 0. The molecule has 4 nitrogen and oxygen atoms in total. The van der Waals surface area contributed by atoms with Gasteiger partial charge in [0.25, 0.3) is 0 Å². The van der Waals surface area contributed by atoms with E-state index < -0.39 is 0 Å². The van der Waals surface area contributed by atoms with Gasteiger partial charge in [-0.15, -0.1) is 12.4 Å². The topological polar surface area (TPSA) is 55.6 Å². The molecule has 0 saturated carbocycles. The molecule has 146 valence electrons. The first-order chi connectivity index (χ1) is 12.4. The third-order valence-electron chi connectivity index (χ3n) is 5.27. The molecule has 27 heavy (non-hydrogen) atoms. The molecule has 3 atom stereocenters. The van der Waals surface area contributed by atoms with Crippen molar-refractivity contribution in [3.63, 3.8) is 0 Å². The predicted octanol–water partition coefficient (Wildman–Crippen LogP) is 4.12. The van der Waals surface area contributed by atoms with Gasteiger partial charge in [0.05, 0.1) is 24.6 Å². The summed E-state index contributed by atoms with van der Waals surface area (Å²) in [5, 5.41) is 0. The minimum Gasteiger partial charge on any atom is -0.369 e.